The van der Waals surface area contributed by atoms with E-state index < -0.39 is 0 Å². The van der Waals surface area contributed by atoms with Gasteiger partial charge in [0.05, 0.1) is 5.52 Å². The van der Waals surface area contributed by atoms with E-state index in [2.05, 4.69) is 39.6 Å². The first kappa shape index (κ1) is 26.4. The van der Waals surface area contributed by atoms with Gasteiger partial charge in [-0.25, -0.2) is 9.97 Å². The van der Waals surface area contributed by atoms with Crippen LogP contribution in [0.1, 0.15) is 45.1 Å². The second-order valence-electron chi connectivity index (χ2n) is 8.39. The molecule has 6 heteroatoms. The summed E-state index contributed by atoms with van der Waals surface area (Å²) in [5, 5.41) is 3.78. The molecule has 4 aromatic rings. The molecule has 186 valence electrons. The fraction of sp³-hybridized carbons (Fsp3) is 0.233. The molecule has 0 aliphatic rings. The third-order valence-electron chi connectivity index (χ3n) is 5.94. The largest absolute Gasteiger partial charge is 0.457 e. The molecule has 0 fully saturated rings. The van der Waals surface area contributed by atoms with Crippen LogP contribution >= 0.6 is 0 Å². The molecule has 36 heavy (non-hydrogen) atoms. The van der Waals surface area contributed by atoms with Crippen LogP contribution in [0, 0.1) is 0 Å². The summed E-state index contributed by atoms with van der Waals surface area (Å²) in [7, 11) is 0. The summed E-state index contributed by atoms with van der Waals surface area (Å²) in [6, 6.07) is 22.0. The number of nitrogens with one attached hydrogen (secondary N) is 1. The Bertz CT molecular complexity index is 1290. The minimum atomic E-state index is 0. The van der Waals surface area contributed by atoms with Crippen LogP contribution in [0.15, 0.2) is 85.1 Å². The third kappa shape index (κ3) is 6.69. The normalized spacial score (nSPS) is 11.7. The predicted molar refractivity (Wildman–Crippen MR) is 148 cm³/mol. The minimum absolute atomic E-state index is 0. The van der Waals surface area contributed by atoms with Crippen molar-refractivity contribution in [2.45, 2.75) is 39.5 Å². The van der Waals surface area contributed by atoms with Gasteiger partial charge in [-0.05, 0) is 79.3 Å². The molecule has 1 amide bonds. The molecule has 0 radical (unpaired) electrons. The number of carbonyl (C=O) groups is 1. The Morgan fingerprint density at radius 2 is 1.78 bits per heavy atom. The highest BCUT2D eigenvalue weighted by atomic mass is 16.5. The monoisotopic (exact) mass is 482 g/mol. The molecule has 3 N–H and O–H groups in total. The van der Waals surface area contributed by atoms with Crippen LogP contribution in [0.3, 0.4) is 0 Å². The first-order chi connectivity index (χ1) is 17.2. The lowest BCUT2D eigenvalue weighted by molar-refractivity contribution is -0.109. The van der Waals surface area contributed by atoms with Crippen molar-refractivity contribution < 1.29 is 9.53 Å². The molecule has 6 nitrogen and oxygen atoms in total. The molecule has 0 aliphatic carbocycles. The third-order valence-corrected chi connectivity index (χ3v) is 5.94. The number of anilines is 1. The van der Waals surface area contributed by atoms with Crippen molar-refractivity contribution in [3.8, 4) is 22.6 Å². The fourth-order valence-electron chi connectivity index (χ4n) is 4.21. The Hall–Kier alpha value is -4.19. The molecular formula is C30H34N4O2. The zero-order valence-electron chi connectivity index (χ0n) is 19.9. The number of aromatic nitrogens is 2. The average Bonchev–Trinajstić information content (AvgIpc) is 2.89. The number of carbonyl (C=O) groups excluding carboxylic acids is 1. The predicted octanol–water partition coefficient (Wildman–Crippen LogP) is 6.88. The van der Waals surface area contributed by atoms with Gasteiger partial charge in [0.15, 0.2) is 0 Å². The van der Waals surface area contributed by atoms with Crippen LogP contribution < -0.4 is 15.8 Å². The van der Waals surface area contributed by atoms with E-state index in [9.17, 15) is 4.79 Å². The second-order valence-corrected chi connectivity index (χ2v) is 8.39. The van der Waals surface area contributed by atoms with Crippen molar-refractivity contribution in [1.82, 2.24) is 15.3 Å². The summed E-state index contributed by atoms with van der Waals surface area (Å²) in [6.07, 6.45) is 9.66. The van der Waals surface area contributed by atoms with Gasteiger partial charge in [0, 0.05) is 24.0 Å². The number of rotatable bonds is 11. The van der Waals surface area contributed by atoms with E-state index >= 15 is 0 Å². The highest BCUT2D eigenvalue weighted by Crippen LogP contribution is 2.34. The lowest BCUT2D eigenvalue weighted by Gasteiger charge is -2.20. The molecule has 1 aromatic heterocycles. The first-order valence-corrected chi connectivity index (χ1v) is 11.9. The van der Waals surface area contributed by atoms with Crippen molar-refractivity contribution in [3.63, 3.8) is 0 Å². The van der Waals surface area contributed by atoms with E-state index in [-0.39, 0.29) is 19.3 Å². The van der Waals surface area contributed by atoms with Crippen molar-refractivity contribution in [1.29, 1.82) is 0 Å². The van der Waals surface area contributed by atoms with Gasteiger partial charge in [0.1, 0.15) is 11.5 Å². The topological polar surface area (TPSA) is 90.1 Å². The second kappa shape index (κ2) is 13.0. The maximum atomic E-state index is 11.1. The van der Waals surface area contributed by atoms with Gasteiger partial charge in [-0.1, -0.05) is 49.9 Å². The highest BCUT2D eigenvalue weighted by Gasteiger charge is 2.18. The molecule has 3 aromatic carbocycles. The lowest BCUT2D eigenvalue weighted by Crippen LogP contribution is -2.20. The van der Waals surface area contributed by atoms with Crippen molar-refractivity contribution in [3.05, 3.63) is 90.6 Å². The number of hydrogen-bond donors (Lipinski definition) is 2. The van der Waals surface area contributed by atoms with Gasteiger partial charge in [-0.3, -0.25) is 4.79 Å². The van der Waals surface area contributed by atoms with E-state index in [0.29, 0.717) is 6.54 Å². The molecular weight excluding hydrogens is 448 g/mol. The smallest absolute Gasteiger partial charge is 0.220 e. The molecule has 0 bridgehead atoms. The van der Waals surface area contributed by atoms with Gasteiger partial charge < -0.3 is 15.8 Å². The van der Waals surface area contributed by atoms with Gasteiger partial charge in [0.2, 0.25) is 12.4 Å². The molecule has 1 unspecified atom stereocenters. The number of hydrogen-bond acceptors (Lipinski definition) is 5. The van der Waals surface area contributed by atoms with Crippen molar-refractivity contribution >= 4 is 23.3 Å². The zero-order valence-corrected chi connectivity index (χ0v) is 19.9. The van der Waals surface area contributed by atoms with E-state index in [1.54, 1.807) is 6.20 Å². The summed E-state index contributed by atoms with van der Waals surface area (Å²) in [4.78, 5) is 19.9. The molecule has 0 spiro atoms. The van der Waals surface area contributed by atoms with Crippen LogP contribution in [0.4, 0.5) is 5.95 Å². The molecule has 4 rings (SSSR count). The van der Waals surface area contributed by atoms with Gasteiger partial charge in [-0.15, -0.1) is 0 Å². The van der Waals surface area contributed by atoms with E-state index in [0.717, 1.165) is 64.8 Å². The number of amides is 1. The van der Waals surface area contributed by atoms with Crippen LogP contribution in [0.2, 0.25) is 0 Å². The number of ether oxygens (including phenoxy) is 1. The summed E-state index contributed by atoms with van der Waals surface area (Å²) in [5.74, 6) is 1.91. The zero-order chi connectivity index (χ0) is 24.5. The summed E-state index contributed by atoms with van der Waals surface area (Å²) < 4.78 is 5.94. The molecule has 0 saturated heterocycles. The molecule has 1 atom stereocenters. The summed E-state index contributed by atoms with van der Waals surface area (Å²) in [5.41, 5.74) is 9.94. The van der Waals surface area contributed by atoms with Crippen LogP contribution in [-0.4, -0.2) is 22.9 Å². The summed E-state index contributed by atoms with van der Waals surface area (Å²) >= 11 is 0. The number of nitrogen functional groups attached to an aromatic ring is 1. The number of benzene rings is 3. The molecule has 0 saturated carbocycles. The van der Waals surface area contributed by atoms with Gasteiger partial charge >= 0.3 is 0 Å². The first-order valence-electron chi connectivity index (χ1n) is 11.9. The maximum absolute atomic E-state index is 11.1. The quantitative estimate of drug-likeness (QED) is 0.138. The van der Waals surface area contributed by atoms with Gasteiger partial charge in [0.25, 0.3) is 0 Å². The Balaban J connectivity index is 0.00000361. The van der Waals surface area contributed by atoms with Crippen LogP contribution in [-0.2, 0) is 4.79 Å². The fourth-order valence-corrected chi connectivity index (χ4v) is 4.21. The van der Waals surface area contributed by atoms with Crippen molar-refractivity contribution in [2.75, 3.05) is 12.3 Å². The standard InChI is InChI=1S/C29H30N4O2.CH4/c1-2-3-4-6-9-22(18-31-20-34)27-17-23(16-24-19-32-29(30)33-28(24)27)21-12-14-26(15-13-21)35-25-10-7-5-8-11-25;/h2-3,5,7-8,10-17,19-20,22H,4,6,9,18H2,1H3,(H,31,34)(H2,30,32,33);1H4/b3-2-;. The Morgan fingerprint density at radius 3 is 2.50 bits per heavy atom. The number of unbranched alkanes of at least 4 members (excludes halogenated alkanes) is 1. The maximum Gasteiger partial charge on any atom is 0.220 e. The number of nitrogens with two attached hydrogens (primary N) is 1. The van der Waals surface area contributed by atoms with E-state index in [4.69, 9.17) is 10.5 Å². The van der Waals surface area contributed by atoms with Crippen LogP contribution in [0.5, 0.6) is 11.5 Å². The van der Waals surface area contributed by atoms with Gasteiger partial charge in [-0.2, -0.15) is 0 Å². The van der Waals surface area contributed by atoms with Crippen molar-refractivity contribution in [2.24, 2.45) is 0 Å². The number of allylic oxidation sites excluding steroid dienone is 2. The SMILES string of the molecule is C.C/C=C\CCCC(CNC=O)c1cc(-c2ccc(Oc3ccccc3)cc2)cc2cnc(N)nc12. The Labute approximate surface area is 213 Å². The average molecular weight is 483 g/mol. The lowest BCUT2D eigenvalue weighted by atomic mass is 9.89. The van der Waals surface area contributed by atoms with E-state index in [1.165, 1.54) is 0 Å². The Kier molecular flexibility index (Phi) is 9.57. The number of nitrogens with zero attached hydrogens (tertiary/aromatic N) is 2. The van der Waals surface area contributed by atoms with E-state index in [1.807, 2.05) is 61.5 Å². The number of para-hydroxylation sites is 1. The van der Waals surface area contributed by atoms with Crippen LogP contribution in [0.25, 0.3) is 22.0 Å². The summed E-state index contributed by atoms with van der Waals surface area (Å²) in [6.45, 7) is 2.56. The minimum Gasteiger partial charge on any atom is -0.457 e. The highest BCUT2D eigenvalue weighted by molar-refractivity contribution is 5.88. The molecule has 0 aliphatic heterocycles. The molecule has 1 heterocycles. The Morgan fingerprint density at radius 1 is 1.03 bits per heavy atom. The number of fused-ring (bicyclic) bond motifs is 1.